The maximum atomic E-state index is 12.4. The van der Waals surface area contributed by atoms with Crippen LogP contribution in [-0.2, 0) is 0 Å². The largest absolute Gasteiger partial charge is 0.368 e. The van der Waals surface area contributed by atoms with Gasteiger partial charge < -0.3 is 15.1 Å². The lowest BCUT2D eigenvalue weighted by molar-refractivity contribution is 0.0658. The molecule has 1 fully saturated rings. The fourth-order valence-electron chi connectivity index (χ4n) is 3.18. The number of nitrogens with one attached hydrogen (secondary N) is 1. The van der Waals surface area contributed by atoms with Gasteiger partial charge in [-0.2, -0.15) is 0 Å². The van der Waals surface area contributed by atoms with Crippen molar-refractivity contribution in [3.63, 3.8) is 0 Å². The van der Waals surface area contributed by atoms with Gasteiger partial charge in [0.25, 0.3) is 5.91 Å². The van der Waals surface area contributed by atoms with Gasteiger partial charge in [0.05, 0.1) is 12.4 Å². The van der Waals surface area contributed by atoms with Crippen molar-refractivity contribution >= 4 is 11.7 Å². The van der Waals surface area contributed by atoms with E-state index in [9.17, 15) is 4.79 Å². The first kappa shape index (κ1) is 16.9. The number of likely N-dealkylation sites (N-methyl/N-ethyl adjacent to an activating group) is 1. The van der Waals surface area contributed by atoms with E-state index in [1.807, 2.05) is 4.90 Å². The zero-order valence-electron chi connectivity index (χ0n) is 14.5. The number of rotatable bonds is 5. The Hall–Kier alpha value is -1.95. The molecule has 1 aromatic rings. The van der Waals surface area contributed by atoms with Gasteiger partial charge in [-0.05, 0) is 39.2 Å². The normalized spacial score (nSPS) is 19.0. The predicted molar refractivity (Wildman–Crippen MR) is 95.1 cm³/mol. The van der Waals surface area contributed by atoms with Crippen LogP contribution >= 0.6 is 0 Å². The highest BCUT2D eigenvalue weighted by atomic mass is 16.2. The van der Waals surface area contributed by atoms with Crippen molar-refractivity contribution in [2.75, 3.05) is 45.1 Å². The van der Waals surface area contributed by atoms with E-state index in [0.717, 1.165) is 45.0 Å². The summed E-state index contributed by atoms with van der Waals surface area (Å²) < 4.78 is 0. The molecule has 0 radical (unpaired) electrons. The van der Waals surface area contributed by atoms with Crippen LogP contribution in [0.5, 0.6) is 0 Å². The number of hydrogen-bond donors (Lipinski definition) is 1. The lowest BCUT2D eigenvalue weighted by atomic mass is 9.97. The second-order valence-electron chi connectivity index (χ2n) is 6.67. The summed E-state index contributed by atoms with van der Waals surface area (Å²) >= 11 is 0. The number of carbonyl (C=O) groups is 1. The summed E-state index contributed by atoms with van der Waals surface area (Å²) in [5, 5.41) is 3.30. The first-order chi connectivity index (χ1) is 11.7. The van der Waals surface area contributed by atoms with Crippen LogP contribution in [0.3, 0.4) is 0 Å². The van der Waals surface area contributed by atoms with Gasteiger partial charge in [0.15, 0.2) is 0 Å². The van der Waals surface area contributed by atoms with Crippen LogP contribution < -0.4 is 5.32 Å². The Kier molecular flexibility index (Phi) is 5.80. The molecule has 1 aliphatic carbocycles. The Balaban J connectivity index is 1.47. The molecule has 1 N–H and O–H groups in total. The third kappa shape index (κ3) is 4.54. The van der Waals surface area contributed by atoms with Gasteiger partial charge in [-0.15, -0.1) is 0 Å². The summed E-state index contributed by atoms with van der Waals surface area (Å²) in [6.07, 6.45) is 11.8. The van der Waals surface area contributed by atoms with Gasteiger partial charge in [-0.3, -0.25) is 4.79 Å². The lowest BCUT2D eigenvalue weighted by Gasteiger charge is -2.32. The van der Waals surface area contributed by atoms with Gasteiger partial charge in [0, 0.05) is 32.7 Å². The first-order valence-corrected chi connectivity index (χ1v) is 8.94. The van der Waals surface area contributed by atoms with Gasteiger partial charge in [0.2, 0.25) is 0 Å². The molecular weight excluding hydrogens is 302 g/mol. The highest BCUT2D eigenvalue weighted by Gasteiger charge is 2.21. The highest BCUT2D eigenvalue weighted by molar-refractivity contribution is 5.92. The summed E-state index contributed by atoms with van der Waals surface area (Å²) in [6.45, 7) is 4.20. The number of carbonyl (C=O) groups excluding carboxylic acids is 1. The number of allylic oxidation sites excluding steroid dienone is 1. The van der Waals surface area contributed by atoms with Crippen LogP contribution in [0.2, 0.25) is 0 Å². The molecule has 1 amide bonds. The summed E-state index contributed by atoms with van der Waals surface area (Å²) in [7, 11) is 2.07. The molecule has 6 nitrogen and oxygen atoms in total. The molecule has 0 atom stereocenters. The second kappa shape index (κ2) is 8.24. The van der Waals surface area contributed by atoms with Gasteiger partial charge >= 0.3 is 0 Å². The minimum absolute atomic E-state index is 0.0190. The van der Waals surface area contributed by atoms with Gasteiger partial charge in [-0.1, -0.05) is 11.6 Å². The minimum atomic E-state index is -0.0190. The molecule has 0 spiro atoms. The molecule has 1 saturated heterocycles. The standard InChI is InChI=1S/C18H27N5O/c1-22-9-11-23(12-10-22)18(24)16-13-21-17(14-20-16)19-8-7-15-5-3-2-4-6-15/h5,13-14H,2-4,6-12H2,1H3,(H,19,21). The van der Waals surface area contributed by atoms with Crippen LogP contribution in [0.25, 0.3) is 0 Å². The molecule has 130 valence electrons. The zero-order valence-corrected chi connectivity index (χ0v) is 14.5. The third-order valence-electron chi connectivity index (χ3n) is 4.80. The molecule has 3 rings (SSSR count). The number of nitrogens with zero attached hydrogens (tertiary/aromatic N) is 4. The van der Waals surface area contributed by atoms with E-state index in [-0.39, 0.29) is 5.91 Å². The first-order valence-electron chi connectivity index (χ1n) is 8.94. The number of anilines is 1. The molecule has 6 heteroatoms. The maximum Gasteiger partial charge on any atom is 0.274 e. The van der Waals surface area contributed by atoms with Crippen molar-refractivity contribution in [2.45, 2.75) is 32.1 Å². The monoisotopic (exact) mass is 329 g/mol. The van der Waals surface area contributed by atoms with Crippen molar-refractivity contribution in [1.29, 1.82) is 0 Å². The van der Waals surface area contributed by atoms with Crippen LogP contribution in [0, 0.1) is 0 Å². The Bertz CT molecular complexity index is 576. The smallest absolute Gasteiger partial charge is 0.274 e. The van der Waals surface area contributed by atoms with Crippen molar-refractivity contribution in [3.8, 4) is 0 Å². The molecule has 0 saturated carbocycles. The van der Waals surface area contributed by atoms with Gasteiger partial charge in [-0.25, -0.2) is 9.97 Å². The fraction of sp³-hybridized carbons (Fsp3) is 0.611. The molecule has 1 aliphatic heterocycles. The van der Waals surface area contributed by atoms with Crippen molar-refractivity contribution in [2.24, 2.45) is 0 Å². The van der Waals surface area contributed by atoms with E-state index < -0.39 is 0 Å². The summed E-state index contributed by atoms with van der Waals surface area (Å²) in [5.41, 5.74) is 1.98. The number of piperazine rings is 1. The number of aromatic nitrogens is 2. The molecule has 1 aromatic heterocycles. The summed E-state index contributed by atoms with van der Waals surface area (Å²) in [5.74, 6) is 0.718. The average molecular weight is 329 g/mol. The maximum absolute atomic E-state index is 12.4. The SMILES string of the molecule is CN1CCN(C(=O)c2cnc(NCCC3=CCCCC3)cn2)CC1. The van der Waals surface area contributed by atoms with Gasteiger partial charge in [0.1, 0.15) is 11.5 Å². The molecule has 0 unspecified atom stereocenters. The Morgan fingerprint density at radius 3 is 2.67 bits per heavy atom. The average Bonchev–Trinajstić information content (AvgIpc) is 2.63. The van der Waals surface area contributed by atoms with Crippen molar-refractivity contribution < 1.29 is 4.79 Å². The second-order valence-corrected chi connectivity index (χ2v) is 6.67. The molecule has 24 heavy (non-hydrogen) atoms. The zero-order chi connectivity index (χ0) is 16.8. The highest BCUT2D eigenvalue weighted by Crippen LogP contribution is 2.19. The molecule has 0 bridgehead atoms. The lowest BCUT2D eigenvalue weighted by Crippen LogP contribution is -2.47. The topological polar surface area (TPSA) is 61.4 Å². The summed E-state index contributed by atoms with van der Waals surface area (Å²) in [6, 6.07) is 0. The fourth-order valence-corrected chi connectivity index (χ4v) is 3.18. The third-order valence-corrected chi connectivity index (χ3v) is 4.80. The Morgan fingerprint density at radius 1 is 1.17 bits per heavy atom. The van der Waals surface area contributed by atoms with E-state index in [2.05, 4.69) is 33.3 Å². The van der Waals surface area contributed by atoms with Crippen molar-refractivity contribution in [3.05, 3.63) is 29.7 Å². The van der Waals surface area contributed by atoms with E-state index in [1.165, 1.54) is 25.7 Å². The molecule has 2 heterocycles. The number of amides is 1. The quantitative estimate of drug-likeness (QED) is 0.839. The summed E-state index contributed by atoms with van der Waals surface area (Å²) in [4.78, 5) is 25.1. The van der Waals surface area contributed by atoms with Crippen LogP contribution in [-0.4, -0.2) is 65.4 Å². The molecule has 2 aliphatic rings. The predicted octanol–water partition coefficient (Wildman–Crippen LogP) is 2.17. The molecular formula is C18H27N5O. The van der Waals surface area contributed by atoms with E-state index in [0.29, 0.717) is 5.69 Å². The number of hydrogen-bond acceptors (Lipinski definition) is 5. The van der Waals surface area contributed by atoms with Crippen LogP contribution in [0.1, 0.15) is 42.6 Å². The Morgan fingerprint density at radius 2 is 2.00 bits per heavy atom. The van der Waals surface area contributed by atoms with E-state index >= 15 is 0 Å². The molecule has 0 aromatic carbocycles. The van der Waals surface area contributed by atoms with Crippen molar-refractivity contribution in [1.82, 2.24) is 19.8 Å². The van der Waals surface area contributed by atoms with Crippen LogP contribution in [0.4, 0.5) is 5.82 Å². The Labute approximate surface area is 144 Å². The van der Waals surface area contributed by atoms with E-state index in [1.54, 1.807) is 18.0 Å². The minimum Gasteiger partial charge on any atom is -0.368 e. The van der Waals surface area contributed by atoms with Crippen LogP contribution in [0.15, 0.2) is 24.0 Å². The van der Waals surface area contributed by atoms with E-state index in [4.69, 9.17) is 0 Å².